The highest BCUT2D eigenvalue weighted by Gasteiger charge is 2.15. The largest absolute Gasteiger partial charge is 0.481 e. The summed E-state index contributed by atoms with van der Waals surface area (Å²) in [6.45, 7) is 2.12. The Labute approximate surface area is 104 Å². The molecule has 0 aromatic carbocycles. The number of aromatic carboxylic acids is 1. The van der Waals surface area contributed by atoms with Gasteiger partial charge in [0.1, 0.15) is 11.5 Å². The van der Waals surface area contributed by atoms with E-state index in [0.717, 1.165) is 5.56 Å². The molecular weight excluding hydrogens is 234 g/mol. The molecule has 18 heavy (non-hydrogen) atoms. The summed E-state index contributed by atoms with van der Waals surface area (Å²) >= 11 is 0. The molecule has 0 amide bonds. The highest BCUT2D eigenvalue weighted by atomic mass is 16.5. The number of methoxy groups -OCH3 is 1. The van der Waals surface area contributed by atoms with E-state index >= 15 is 0 Å². The maximum absolute atomic E-state index is 11.1. The molecule has 2 aromatic heterocycles. The summed E-state index contributed by atoms with van der Waals surface area (Å²) in [5.74, 6) is 0.124. The van der Waals surface area contributed by atoms with Crippen LogP contribution in [0.4, 0.5) is 0 Å². The first-order valence-electron chi connectivity index (χ1n) is 5.36. The zero-order chi connectivity index (χ0) is 13.1. The molecule has 0 aliphatic heterocycles. The Balaban J connectivity index is 2.39. The molecule has 2 heterocycles. The fraction of sp³-hybridized carbons (Fsp3) is 0.250. The van der Waals surface area contributed by atoms with Gasteiger partial charge in [0.15, 0.2) is 0 Å². The lowest BCUT2D eigenvalue weighted by Gasteiger charge is -2.10. The second kappa shape index (κ2) is 4.87. The van der Waals surface area contributed by atoms with E-state index < -0.39 is 5.97 Å². The molecule has 6 nitrogen and oxygen atoms in total. The Morgan fingerprint density at radius 1 is 1.50 bits per heavy atom. The minimum Gasteiger partial charge on any atom is -0.481 e. The molecule has 0 saturated carbocycles. The number of ether oxygens (including phenoxy) is 1. The number of imidazole rings is 1. The second-order valence-electron chi connectivity index (χ2n) is 3.75. The predicted octanol–water partition coefficient (Wildman–Crippen LogP) is 1.34. The van der Waals surface area contributed by atoms with Crippen LogP contribution < -0.4 is 4.74 Å². The summed E-state index contributed by atoms with van der Waals surface area (Å²) in [6.07, 6.45) is 2.97. The van der Waals surface area contributed by atoms with Crippen molar-refractivity contribution in [3.8, 4) is 5.88 Å². The summed E-state index contributed by atoms with van der Waals surface area (Å²) in [4.78, 5) is 19.2. The zero-order valence-electron chi connectivity index (χ0n) is 10.1. The van der Waals surface area contributed by atoms with Gasteiger partial charge in [-0.05, 0) is 13.0 Å². The third-order valence-electron chi connectivity index (χ3n) is 2.65. The lowest BCUT2D eigenvalue weighted by Crippen LogP contribution is -2.11. The van der Waals surface area contributed by atoms with Crippen LogP contribution in [-0.2, 0) is 6.54 Å². The standard InChI is InChI=1S/C12H13N3O3/c1-8-14-6-10(12(16)17)15(8)7-9-4-3-5-13-11(9)18-2/h3-6H,7H2,1-2H3,(H,16,17). The Morgan fingerprint density at radius 2 is 2.28 bits per heavy atom. The van der Waals surface area contributed by atoms with Crippen molar-refractivity contribution in [2.75, 3.05) is 7.11 Å². The van der Waals surface area contributed by atoms with Crippen molar-refractivity contribution >= 4 is 5.97 Å². The number of carbonyl (C=O) groups is 1. The van der Waals surface area contributed by atoms with Gasteiger partial charge in [0.05, 0.1) is 19.9 Å². The Bertz CT molecular complexity index is 578. The van der Waals surface area contributed by atoms with E-state index in [-0.39, 0.29) is 5.69 Å². The van der Waals surface area contributed by atoms with Crippen LogP contribution in [0, 0.1) is 6.92 Å². The molecule has 0 radical (unpaired) electrons. The van der Waals surface area contributed by atoms with Crippen LogP contribution in [0.25, 0.3) is 0 Å². The summed E-state index contributed by atoms with van der Waals surface area (Å²) in [6, 6.07) is 3.63. The number of pyridine rings is 1. The van der Waals surface area contributed by atoms with Crippen molar-refractivity contribution in [3.63, 3.8) is 0 Å². The highest BCUT2D eigenvalue weighted by Crippen LogP contribution is 2.17. The lowest BCUT2D eigenvalue weighted by atomic mass is 10.2. The number of hydrogen-bond donors (Lipinski definition) is 1. The number of aryl methyl sites for hydroxylation is 1. The molecule has 0 aliphatic rings. The van der Waals surface area contributed by atoms with E-state index in [1.807, 2.05) is 6.07 Å². The van der Waals surface area contributed by atoms with Gasteiger partial charge in [0, 0.05) is 11.8 Å². The van der Waals surface area contributed by atoms with Crippen molar-refractivity contribution in [1.82, 2.24) is 14.5 Å². The molecule has 94 valence electrons. The van der Waals surface area contributed by atoms with Gasteiger partial charge in [-0.2, -0.15) is 0 Å². The molecule has 0 saturated heterocycles. The van der Waals surface area contributed by atoms with Crippen LogP contribution in [0.15, 0.2) is 24.5 Å². The summed E-state index contributed by atoms with van der Waals surface area (Å²) < 4.78 is 6.76. The van der Waals surface area contributed by atoms with Crippen molar-refractivity contribution in [2.45, 2.75) is 13.5 Å². The summed E-state index contributed by atoms with van der Waals surface area (Å²) in [7, 11) is 1.53. The maximum atomic E-state index is 11.1. The van der Waals surface area contributed by atoms with E-state index in [2.05, 4.69) is 9.97 Å². The van der Waals surface area contributed by atoms with Gasteiger partial charge in [-0.15, -0.1) is 0 Å². The highest BCUT2D eigenvalue weighted by molar-refractivity contribution is 5.85. The number of carboxylic acid groups (broad SMARTS) is 1. The molecule has 0 bridgehead atoms. The first kappa shape index (κ1) is 12.1. The third-order valence-corrected chi connectivity index (χ3v) is 2.65. The topological polar surface area (TPSA) is 77.2 Å². The van der Waals surface area contributed by atoms with Gasteiger partial charge >= 0.3 is 5.97 Å². The van der Waals surface area contributed by atoms with Crippen LogP contribution in [-0.4, -0.2) is 32.7 Å². The van der Waals surface area contributed by atoms with Gasteiger partial charge in [0.25, 0.3) is 0 Å². The minimum atomic E-state index is -1.00. The van der Waals surface area contributed by atoms with Crippen LogP contribution in [0.5, 0.6) is 5.88 Å². The molecule has 0 fully saturated rings. The normalized spacial score (nSPS) is 10.3. The van der Waals surface area contributed by atoms with Crippen LogP contribution in [0.1, 0.15) is 21.9 Å². The van der Waals surface area contributed by atoms with Gasteiger partial charge in [0.2, 0.25) is 5.88 Å². The SMILES string of the molecule is COc1ncccc1Cn1c(C(=O)O)cnc1C. The molecule has 0 atom stereocenters. The lowest BCUT2D eigenvalue weighted by molar-refractivity contribution is 0.0685. The summed E-state index contributed by atoms with van der Waals surface area (Å²) in [5.41, 5.74) is 0.960. The molecule has 2 aromatic rings. The van der Waals surface area contributed by atoms with Crippen molar-refractivity contribution in [1.29, 1.82) is 0 Å². The molecule has 0 spiro atoms. The number of hydrogen-bond acceptors (Lipinski definition) is 4. The van der Waals surface area contributed by atoms with Crippen molar-refractivity contribution < 1.29 is 14.6 Å². The Kier molecular flexibility index (Phi) is 3.27. The van der Waals surface area contributed by atoms with Crippen molar-refractivity contribution in [3.05, 3.63) is 41.6 Å². The quantitative estimate of drug-likeness (QED) is 0.882. The summed E-state index contributed by atoms with van der Waals surface area (Å²) in [5, 5.41) is 9.08. The molecule has 1 N–H and O–H groups in total. The second-order valence-corrected chi connectivity index (χ2v) is 3.75. The van der Waals surface area contributed by atoms with Gasteiger partial charge in [-0.3, -0.25) is 0 Å². The van der Waals surface area contributed by atoms with Crippen LogP contribution in [0.2, 0.25) is 0 Å². The number of nitrogens with zero attached hydrogens (tertiary/aromatic N) is 3. The molecule has 6 heteroatoms. The fourth-order valence-corrected chi connectivity index (χ4v) is 1.74. The molecule has 0 unspecified atom stereocenters. The first-order chi connectivity index (χ1) is 8.63. The third kappa shape index (κ3) is 2.17. The molecule has 0 aliphatic carbocycles. The van der Waals surface area contributed by atoms with Crippen LogP contribution >= 0.6 is 0 Å². The van der Waals surface area contributed by atoms with E-state index in [0.29, 0.717) is 18.2 Å². The first-order valence-corrected chi connectivity index (χ1v) is 5.36. The van der Waals surface area contributed by atoms with Gasteiger partial charge in [-0.1, -0.05) is 6.07 Å². The Morgan fingerprint density at radius 3 is 2.94 bits per heavy atom. The van der Waals surface area contributed by atoms with Crippen LogP contribution in [0.3, 0.4) is 0 Å². The number of rotatable bonds is 4. The van der Waals surface area contributed by atoms with E-state index in [4.69, 9.17) is 9.84 Å². The fourth-order valence-electron chi connectivity index (χ4n) is 1.74. The number of carboxylic acids is 1. The van der Waals surface area contributed by atoms with E-state index in [9.17, 15) is 4.79 Å². The average molecular weight is 247 g/mol. The van der Waals surface area contributed by atoms with Crippen molar-refractivity contribution in [2.24, 2.45) is 0 Å². The minimum absolute atomic E-state index is 0.151. The Hall–Kier alpha value is -2.37. The zero-order valence-corrected chi connectivity index (χ0v) is 10.1. The monoisotopic (exact) mass is 247 g/mol. The maximum Gasteiger partial charge on any atom is 0.354 e. The molecule has 2 rings (SSSR count). The average Bonchev–Trinajstić information content (AvgIpc) is 2.72. The van der Waals surface area contributed by atoms with Gasteiger partial charge < -0.3 is 14.4 Å². The molecular formula is C12H13N3O3. The van der Waals surface area contributed by atoms with Gasteiger partial charge in [-0.25, -0.2) is 14.8 Å². The van der Waals surface area contributed by atoms with E-state index in [1.165, 1.54) is 13.3 Å². The van der Waals surface area contributed by atoms with E-state index in [1.54, 1.807) is 23.8 Å². The predicted molar refractivity (Wildman–Crippen MR) is 63.8 cm³/mol. The smallest absolute Gasteiger partial charge is 0.354 e. The number of aromatic nitrogens is 3.